The Kier molecular flexibility index (Phi) is 5.19. The van der Waals surface area contributed by atoms with Crippen LogP contribution in [-0.4, -0.2) is 25.6 Å². The van der Waals surface area contributed by atoms with E-state index >= 15 is 0 Å². The summed E-state index contributed by atoms with van der Waals surface area (Å²) in [6.45, 7) is 4.86. The SMILES string of the molecule is COc1ccccc1[C@H](C)[NH2+]CC(=O)N[C@@H](C)C12CC3CC(CC(C3)C1)C2. The smallest absolute Gasteiger partial charge is 0.275 e. The maximum absolute atomic E-state index is 12.7. The van der Waals surface area contributed by atoms with Gasteiger partial charge in [-0.05, 0) is 87.7 Å². The number of carbonyl (C=O) groups excluding carboxylic acids is 1. The summed E-state index contributed by atoms with van der Waals surface area (Å²) in [6.07, 6.45) is 8.35. The molecule has 5 rings (SSSR count). The molecule has 4 saturated carbocycles. The maximum Gasteiger partial charge on any atom is 0.275 e. The third-order valence-electron chi connectivity index (χ3n) is 7.67. The number of hydrogen-bond donors (Lipinski definition) is 2. The average molecular weight is 372 g/mol. The van der Waals surface area contributed by atoms with E-state index in [1.54, 1.807) is 7.11 Å². The molecule has 0 aromatic heterocycles. The fourth-order valence-electron chi connectivity index (χ4n) is 6.61. The summed E-state index contributed by atoms with van der Waals surface area (Å²) in [7, 11) is 1.70. The highest BCUT2D eigenvalue weighted by molar-refractivity contribution is 5.77. The van der Waals surface area contributed by atoms with Crippen molar-refractivity contribution in [1.82, 2.24) is 5.32 Å². The van der Waals surface area contributed by atoms with Crippen LogP contribution in [0.25, 0.3) is 0 Å². The van der Waals surface area contributed by atoms with Crippen LogP contribution in [0.15, 0.2) is 24.3 Å². The van der Waals surface area contributed by atoms with Gasteiger partial charge >= 0.3 is 0 Å². The van der Waals surface area contributed by atoms with Crippen molar-refractivity contribution in [3.05, 3.63) is 29.8 Å². The van der Waals surface area contributed by atoms with E-state index in [4.69, 9.17) is 4.74 Å². The quantitative estimate of drug-likeness (QED) is 0.774. The first-order valence-electron chi connectivity index (χ1n) is 10.7. The Labute approximate surface area is 163 Å². The van der Waals surface area contributed by atoms with Crippen molar-refractivity contribution in [2.45, 2.75) is 64.5 Å². The lowest BCUT2D eigenvalue weighted by molar-refractivity contribution is -0.682. The molecule has 4 bridgehead atoms. The molecular formula is C23H35N2O2+. The van der Waals surface area contributed by atoms with Crippen molar-refractivity contribution in [1.29, 1.82) is 0 Å². The van der Waals surface area contributed by atoms with Gasteiger partial charge in [-0.15, -0.1) is 0 Å². The zero-order valence-corrected chi connectivity index (χ0v) is 17.0. The molecule has 0 saturated heterocycles. The molecular weight excluding hydrogens is 336 g/mol. The predicted octanol–water partition coefficient (Wildman–Crippen LogP) is 3.04. The van der Waals surface area contributed by atoms with Crippen molar-refractivity contribution >= 4 is 5.91 Å². The summed E-state index contributed by atoms with van der Waals surface area (Å²) in [4.78, 5) is 12.7. The lowest BCUT2D eigenvalue weighted by atomic mass is 9.48. The molecule has 1 aromatic rings. The zero-order chi connectivity index (χ0) is 19.0. The molecule has 2 atom stereocenters. The number of methoxy groups -OCH3 is 1. The molecule has 148 valence electrons. The van der Waals surface area contributed by atoms with E-state index in [2.05, 4.69) is 30.5 Å². The highest BCUT2D eigenvalue weighted by atomic mass is 16.5. The van der Waals surface area contributed by atoms with Gasteiger partial charge in [-0.2, -0.15) is 0 Å². The Hall–Kier alpha value is -1.55. The Morgan fingerprint density at radius 2 is 1.74 bits per heavy atom. The van der Waals surface area contributed by atoms with E-state index in [1.165, 1.54) is 38.5 Å². The number of amides is 1. The van der Waals surface area contributed by atoms with Crippen LogP contribution in [0.3, 0.4) is 0 Å². The van der Waals surface area contributed by atoms with Gasteiger partial charge in [-0.25, -0.2) is 0 Å². The topological polar surface area (TPSA) is 54.9 Å². The molecule has 0 spiro atoms. The lowest BCUT2D eigenvalue weighted by Crippen LogP contribution is -2.87. The van der Waals surface area contributed by atoms with Gasteiger partial charge in [0.2, 0.25) is 0 Å². The van der Waals surface area contributed by atoms with Gasteiger partial charge in [0.15, 0.2) is 6.54 Å². The predicted molar refractivity (Wildman–Crippen MR) is 106 cm³/mol. The molecule has 4 aliphatic carbocycles. The van der Waals surface area contributed by atoms with Crippen LogP contribution in [0.5, 0.6) is 5.75 Å². The van der Waals surface area contributed by atoms with Gasteiger partial charge in [-0.3, -0.25) is 4.79 Å². The van der Waals surface area contributed by atoms with Gasteiger partial charge < -0.3 is 15.4 Å². The number of ether oxygens (including phenoxy) is 1. The number of benzene rings is 1. The molecule has 4 heteroatoms. The van der Waals surface area contributed by atoms with Gasteiger partial charge in [0.25, 0.3) is 5.91 Å². The van der Waals surface area contributed by atoms with Crippen molar-refractivity contribution in [2.75, 3.05) is 13.7 Å². The molecule has 3 N–H and O–H groups in total. The molecule has 0 unspecified atom stereocenters. The summed E-state index contributed by atoms with van der Waals surface area (Å²) >= 11 is 0. The van der Waals surface area contributed by atoms with Gasteiger partial charge in [0.05, 0.1) is 12.7 Å². The van der Waals surface area contributed by atoms with Crippen LogP contribution in [-0.2, 0) is 4.79 Å². The Morgan fingerprint density at radius 1 is 1.15 bits per heavy atom. The van der Waals surface area contributed by atoms with Crippen molar-refractivity contribution in [2.24, 2.45) is 23.2 Å². The molecule has 4 fully saturated rings. The molecule has 4 nitrogen and oxygen atoms in total. The van der Waals surface area contributed by atoms with E-state index in [-0.39, 0.29) is 11.9 Å². The van der Waals surface area contributed by atoms with Crippen LogP contribution in [0.2, 0.25) is 0 Å². The second-order valence-electron chi connectivity index (χ2n) is 9.54. The lowest BCUT2D eigenvalue weighted by Gasteiger charge is -2.59. The highest BCUT2D eigenvalue weighted by Gasteiger charge is 2.53. The number of carbonyl (C=O) groups is 1. The minimum absolute atomic E-state index is 0.167. The number of hydrogen-bond acceptors (Lipinski definition) is 2. The normalized spacial score (nSPS) is 33.5. The fourth-order valence-corrected chi connectivity index (χ4v) is 6.61. The standard InChI is InChI=1S/C23H34N2O2/c1-15(20-6-4-5-7-21(20)27-3)24-14-22(26)25-16(2)23-11-17-8-18(12-23)10-19(9-17)13-23/h4-7,15-19,24H,8-14H2,1-3H3,(H,25,26)/p+1/t15-,16-,17?,18?,19?,23?/m0/s1. The molecule has 4 aliphatic rings. The van der Waals surface area contributed by atoms with Crippen molar-refractivity contribution < 1.29 is 14.8 Å². The van der Waals surface area contributed by atoms with E-state index in [9.17, 15) is 4.79 Å². The van der Waals surface area contributed by atoms with E-state index in [1.807, 2.05) is 18.2 Å². The van der Waals surface area contributed by atoms with Crippen molar-refractivity contribution in [3.8, 4) is 5.75 Å². The zero-order valence-electron chi connectivity index (χ0n) is 17.0. The Morgan fingerprint density at radius 3 is 2.33 bits per heavy atom. The fraction of sp³-hybridized carbons (Fsp3) is 0.696. The molecule has 0 heterocycles. The number of rotatable bonds is 7. The largest absolute Gasteiger partial charge is 0.496 e. The van der Waals surface area contributed by atoms with Gasteiger partial charge in [0, 0.05) is 6.04 Å². The van der Waals surface area contributed by atoms with E-state index in [0.717, 1.165) is 29.1 Å². The minimum Gasteiger partial charge on any atom is -0.496 e. The van der Waals surface area contributed by atoms with Crippen LogP contribution in [0.1, 0.15) is 64.0 Å². The second kappa shape index (κ2) is 7.46. The number of quaternary nitrogens is 1. The summed E-state index contributed by atoms with van der Waals surface area (Å²) in [5, 5.41) is 5.48. The number of para-hydroxylation sites is 1. The van der Waals surface area contributed by atoms with Gasteiger partial charge in [0.1, 0.15) is 11.8 Å². The van der Waals surface area contributed by atoms with Crippen LogP contribution < -0.4 is 15.4 Å². The highest BCUT2D eigenvalue weighted by Crippen LogP contribution is 2.61. The monoisotopic (exact) mass is 371 g/mol. The first-order valence-corrected chi connectivity index (χ1v) is 10.7. The summed E-state index contributed by atoms with van der Waals surface area (Å²) in [5.41, 5.74) is 1.51. The van der Waals surface area contributed by atoms with E-state index in [0.29, 0.717) is 18.0 Å². The summed E-state index contributed by atoms with van der Waals surface area (Å²) < 4.78 is 5.46. The van der Waals surface area contributed by atoms with Crippen LogP contribution >= 0.6 is 0 Å². The number of nitrogens with one attached hydrogen (secondary N) is 1. The molecule has 0 aliphatic heterocycles. The molecule has 0 radical (unpaired) electrons. The minimum atomic E-state index is 0.167. The first kappa shape index (κ1) is 18.8. The average Bonchev–Trinajstić information content (AvgIpc) is 2.65. The van der Waals surface area contributed by atoms with Crippen LogP contribution in [0.4, 0.5) is 0 Å². The van der Waals surface area contributed by atoms with Gasteiger partial charge in [-0.1, -0.05) is 12.1 Å². The van der Waals surface area contributed by atoms with Crippen LogP contribution in [0, 0.1) is 23.2 Å². The summed E-state index contributed by atoms with van der Waals surface area (Å²) in [6, 6.07) is 8.56. The van der Waals surface area contributed by atoms with Crippen molar-refractivity contribution in [3.63, 3.8) is 0 Å². The molecule has 27 heavy (non-hydrogen) atoms. The number of nitrogens with two attached hydrogens (primary N) is 1. The molecule has 1 aromatic carbocycles. The summed E-state index contributed by atoms with van der Waals surface area (Å²) in [5.74, 6) is 3.83. The Balaban J connectivity index is 1.32. The maximum atomic E-state index is 12.7. The molecule has 1 amide bonds. The third kappa shape index (κ3) is 3.73. The first-order chi connectivity index (χ1) is 13.0. The van der Waals surface area contributed by atoms with E-state index < -0.39 is 0 Å². The third-order valence-corrected chi connectivity index (χ3v) is 7.67. The Bertz CT molecular complexity index is 651. The second-order valence-corrected chi connectivity index (χ2v) is 9.54.